The Balaban J connectivity index is 2.97. The number of methoxy groups -OCH3 is 1. The second kappa shape index (κ2) is 6.75. The summed E-state index contributed by atoms with van der Waals surface area (Å²) in [4.78, 5) is 11.5. The van der Waals surface area contributed by atoms with E-state index in [9.17, 15) is 4.79 Å². The molecule has 1 rings (SSSR count). The highest BCUT2D eigenvalue weighted by Crippen LogP contribution is 2.25. The third kappa shape index (κ3) is 3.56. The van der Waals surface area contributed by atoms with Crippen LogP contribution < -0.4 is 15.8 Å². The van der Waals surface area contributed by atoms with Gasteiger partial charge in [0.2, 0.25) is 5.91 Å². The van der Waals surface area contributed by atoms with E-state index < -0.39 is 0 Å². The van der Waals surface area contributed by atoms with Gasteiger partial charge in [0.1, 0.15) is 5.75 Å². The molecule has 0 aliphatic heterocycles. The maximum atomic E-state index is 11.5. The van der Waals surface area contributed by atoms with Gasteiger partial charge < -0.3 is 21.0 Å². The molecule has 0 fully saturated rings. The van der Waals surface area contributed by atoms with Crippen LogP contribution in [0.25, 0.3) is 0 Å². The molecule has 0 aliphatic carbocycles. The Bertz CT molecular complexity index is 463. The lowest BCUT2D eigenvalue weighted by molar-refractivity contribution is -0.113. The fourth-order valence-electron chi connectivity index (χ4n) is 1.33. The predicted octanol–water partition coefficient (Wildman–Crippen LogP) is 1.09. The van der Waals surface area contributed by atoms with E-state index in [0.717, 1.165) is 0 Å². The van der Waals surface area contributed by atoms with E-state index in [2.05, 4.69) is 10.5 Å². The molecule has 0 aliphatic rings. The van der Waals surface area contributed by atoms with Crippen molar-refractivity contribution in [2.45, 2.75) is 0 Å². The van der Waals surface area contributed by atoms with E-state index in [4.69, 9.17) is 15.7 Å². The van der Waals surface area contributed by atoms with E-state index in [1.807, 2.05) is 6.26 Å². The minimum atomic E-state index is -0.114. The van der Waals surface area contributed by atoms with Crippen LogP contribution in [0.15, 0.2) is 23.4 Å². The number of amides is 1. The Morgan fingerprint density at radius 1 is 1.61 bits per heavy atom. The number of ether oxygens (including phenoxy) is 1. The number of oxime groups is 1. The second-order valence-electron chi connectivity index (χ2n) is 3.38. The van der Waals surface area contributed by atoms with Crippen LogP contribution in [0.4, 0.5) is 5.69 Å². The van der Waals surface area contributed by atoms with Crippen LogP contribution in [-0.2, 0) is 4.79 Å². The number of amidine groups is 1. The molecule has 1 aromatic carbocycles. The average Bonchev–Trinajstić information content (AvgIpc) is 2.38. The Kier molecular flexibility index (Phi) is 5.31. The van der Waals surface area contributed by atoms with Crippen molar-refractivity contribution in [3.63, 3.8) is 0 Å². The minimum Gasteiger partial charge on any atom is -0.495 e. The lowest BCUT2D eigenvalue weighted by Gasteiger charge is -2.11. The summed E-state index contributed by atoms with van der Waals surface area (Å²) in [6.45, 7) is 0. The molecule has 1 aromatic rings. The largest absolute Gasteiger partial charge is 0.495 e. The van der Waals surface area contributed by atoms with E-state index >= 15 is 0 Å². The van der Waals surface area contributed by atoms with Gasteiger partial charge >= 0.3 is 0 Å². The molecule has 0 saturated carbocycles. The first-order valence-corrected chi connectivity index (χ1v) is 6.46. The maximum absolute atomic E-state index is 11.5. The second-order valence-corrected chi connectivity index (χ2v) is 4.25. The first-order valence-electron chi connectivity index (χ1n) is 5.07. The number of thioether (sulfide) groups is 1. The zero-order valence-electron chi connectivity index (χ0n) is 10.1. The zero-order chi connectivity index (χ0) is 13.5. The van der Waals surface area contributed by atoms with Crippen molar-refractivity contribution < 1.29 is 14.7 Å². The molecule has 98 valence electrons. The predicted molar refractivity (Wildman–Crippen MR) is 72.5 cm³/mol. The van der Waals surface area contributed by atoms with Gasteiger partial charge in [0.15, 0.2) is 5.84 Å². The minimum absolute atomic E-state index is 0.0182. The molecule has 0 aromatic heterocycles. The number of carbonyl (C=O) groups excluding carboxylic acids is 1. The summed E-state index contributed by atoms with van der Waals surface area (Å²) in [6, 6.07) is 4.86. The van der Waals surface area contributed by atoms with Gasteiger partial charge in [-0.3, -0.25) is 4.79 Å². The van der Waals surface area contributed by atoms with Gasteiger partial charge in [0, 0.05) is 5.56 Å². The normalized spacial score (nSPS) is 11.1. The number of rotatable bonds is 5. The lowest BCUT2D eigenvalue weighted by atomic mass is 10.1. The van der Waals surface area contributed by atoms with Gasteiger partial charge in [-0.1, -0.05) is 5.16 Å². The number of hydrogen-bond acceptors (Lipinski definition) is 5. The van der Waals surface area contributed by atoms with Crippen LogP contribution in [-0.4, -0.2) is 36.1 Å². The summed E-state index contributed by atoms with van der Waals surface area (Å²) in [6.07, 6.45) is 1.85. The number of nitrogens with zero attached hydrogens (tertiary/aromatic N) is 1. The van der Waals surface area contributed by atoms with Gasteiger partial charge in [0.25, 0.3) is 0 Å². The molecule has 0 spiro atoms. The van der Waals surface area contributed by atoms with Crippen LogP contribution in [0.2, 0.25) is 0 Å². The fourth-order valence-corrected chi connectivity index (χ4v) is 1.66. The molecule has 0 bridgehead atoms. The molecule has 0 saturated heterocycles. The highest BCUT2D eigenvalue weighted by molar-refractivity contribution is 7.99. The molecule has 0 unspecified atom stereocenters. The molecular formula is C11H15N3O3S. The molecule has 6 nitrogen and oxygen atoms in total. The van der Waals surface area contributed by atoms with Crippen molar-refractivity contribution in [1.82, 2.24) is 0 Å². The summed E-state index contributed by atoms with van der Waals surface area (Å²) < 4.78 is 5.15. The van der Waals surface area contributed by atoms with E-state index in [1.165, 1.54) is 18.9 Å². The lowest BCUT2D eigenvalue weighted by Crippen LogP contribution is -2.16. The van der Waals surface area contributed by atoms with Gasteiger partial charge in [0.05, 0.1) is 18.6 Å². The van der Waals surface area contributed by atoms with Crippen LogP contribution >= 0.6 is 11.8 Å². The standard InChI is InChI=1S/C11H15N3O3S/c1-17-9-5-7(11(12)14-16)3-4-8(9)13-10(15)6-18-2/h3-5,16H,6H2,1-2H3,(H2,12,14)(H,13,15). The number of nitrogens with one attached hydrogen (secondary N) is 1. The van der Waals surface area contributed by atoms with Gasteiger partial charge in [-0.15, -0.1) is 0 Å². The first kappa shape index (κ1) is 14.2. The van der Waals surface area contributed by atoms with Crippen molar-refractivity contribution in [3.05, 3.63) is 23.8 Å². The van der Waals surface area contributed by atoms with Crippen molar-refractivity contribution >= 4 is 29.2 Å². The summed E-state index contributed by atoms with van der Waals surface area (Å²) in [5.41, 5.74) is 6.53. The smallest absolute Gasteiger partial charge is 0.234 e. The number of carbonyl (C=O) groups is 1. The Hall–Kier alpha value is -1.89. The summed E-state index contributed by atoms with van der Waals surface area (Å²) >= 11 is 1.43. The van der Waals surface area contributed by atoms with Crippen LogP contribution in [0.5, 0.6) is 5.75 Å². The maximum Gasteiger partial charge on any atom is 0.234 e. The Labute approximate surface area is 109 Å². The van der Waals surface area contributed by atoms with E-state index in [1.54, 1.807) is 18.2 Å². The molecule has 1 amide bonds. The van der Waals surface area contributed by atoms with Crippen molar-refractivity contribution in [2.75, 3.05) is 24.4 Å². The summed E-state index contributed by atoms with van der Waals surface area (Å²) in [5.74, 6) is 0.687. The zero-order valence-corrected chi connectivity index (χ0v) is 11.0. The molecule has 4 N–H and O–H groups in total. The summed E-state index contributed by atoms with van der Waals surface area (Å²) in [7, 11) is 1.48. The highest BCUT2D eigenvalue weighted by atomic mass is 32.2. The third-order valence-electron chi connectivity index (χ3n) is 2.15. The van der Waals surface area contributed by atoms with Gasteiger partial charge in [-0.25, -0.2) is 0 Å². The monoisotopic (exact) mass is 269 g/mol. The highest BCUT2D eigenvalue weighted by Gasteiger charge is 2.09. The average molecular weight is 269 g/mol. The molecule has 0 heterocycles. The van der Waals surface area contributed by atoms with Crippen LogP contribution in [0.3, 0.4) is 0 Å². The molecule has 18 heavy (non-hydrogen) atoms. The van der Waals surface area contributed by atoms with E-state index in [0.29, 0.717) is 22.8 Å². The third-order valence-corrected chi connectivity index (χ3v) is 2.71. The van der Waals surface area contributed by atoms with Gasteiger partial charge in [-0.2, -0.15) is 11.8 Å². The topological polar surface area (TPSA) is 96.9 Å². The molecule has 7 heteroatoms. The van der Waals surface area contributed by atoms with Crippen LogP contribution in [0.1, 0.15) is 5.56 Å². The number of nitrogens with two attached hydrogens (primary N) is 1. The number of benzene rings is 1. The fraction of sp³-hybridized carbons (Fsp3) is 0.273. The van der Waals surface area contributed by atoms with Crippen LogP contribution in [0, 0.1) is 0 Å². The molecule has 0 radical (unpaired) electrons. The van der Waals surface area contributed by atoms with Crippen molar-refractivity contribution in [3.8, 4) is 5.75 Å². The molecular weight excluding hydrogens is 254 g/mol. The van der Waals surface area contributed by atoms with Crippen molar-refractivity contribution in [1.29, 1.82) is 0 Å². The number of anilines is 1. The Morgan fingerprint density at radius 2 is 2.33 bits per heavy atom. The van der Waals surface area contributed by atoms with Crippen molar-refractivity contribution in [2.24, 2.45) is 10.9 Å². The quantitative estimate of drug-likeness (QED) is 0.322. The van der Waals surface area contributed by atoms with E-state index in [-0.39, 0.29) is 11.7 Å². The van der Waals surface area contributed by atoms with Gasteiger partial charge in [-0.05, 0) is 24.5 Å². The summed E-state index contributed by atoms with van der Waals surface area (Å²) in [5, 5.41) is 14.2. The Morgan fingerprint density at radius 3 is 2.89 bits per heavy atom. The molecule has 0 atom stereocenters. The SMILES string of the molecule is COc1cc(/C(N)=N/O)ccc1NC(=O)CSC. The first-order chi connectivity index (χ1) is 8.62. The number of hydrogen-bond donors (Lipinski definition) is 3.